The SMILES string of the molecule is CC(N)CC1=C(Cl)c2cc(F)ccc2OC1. The Labute approximate surface area is 98.8 Å². The zero-order valence-electron chi connectivity index (χ0n) is 8.97. The second-order valence-corrected chi connectivity index (χ2v) is 4.41. The van der Waals surface area contributed by atoms with Crippen molar-refractivity contribution >= 4 is 16.6 Å². The normalized spacial score (nSPS) is 16.8. The molecule has 16 heavy (non-hydrogen) atoms. The molecule has 0 aromatic heterocycles. The average molecular weight is 242 g/mol. The quantitative estimate of drug-likeness (QED) is 0.864. The van der Waals surface area contributed by atoms with Crippen molar-refractivity contribution in [2.75, 3.05) is 6.61 Å². The molecule has 1 atom stereocenters. The smallest absolute Gasteiger partial charge is 0.128 e. The summed E-state index contributed by atoms with van der Waals surface area (Å²) >= 11 is 6.21. The van der Waals surface area contributed by atoms with Gasteiger partial charge in [-0.05, 0) is 37.1 Å². The van der Waals surface area contributed by atoms with Crippen LogP contribution in [0.4, 0.5) is 4.39 Å². The van der Waals surface area contributed by atoms with E-state index >= 15 is 0 Å². The summed E-state index contributed by atoms with van der Waals surface area (Å²) in [6.07, 6.45) is 0.661. The third-order valence-corrected chi connectivity index (χ3v) is 2.93. The molecule has 0 aliphatic carbocycles. The van der Waals surface area contributed by atoms with E-state index in [-0.39, 0.29) is 11.9 Å². The van der Waals surface area contributed by atoms with Crippen molar-refractivity contribution in [3.63, 3.8) is 0 Å². The third kappa shape index (κ3) is 2.20. The first kappa shape index (κ1) is 11.4. The molecular formula is C12H13ClFNO. The van der Waals surface area contributed by atoms with Crippen LogP contribution < -0.4 is 10.5 Å². The van der Waals surface area contributed by atoms with Gasteiger partial charge in [0.1, 0.15) is 18.2 Å². The molecule has 2 nitrogen and oxygen atoms in total. The second kappa shape index (κ2) is 4.44. The van der Waals surface area contributed by atoms with E-state index in [4.69, 9.17) is 22.1 Å². The molecule has 1 aliphatic heterocycles. The van der Waals surface area contributed by atoms with E-state index in [1.807, 2.05) is 6.92 Å². The van der Waals surface area contributed by atoms with Crippen molar-refractivity contribution in [2.24, 2.45) is 5.73 Å². The molecule has 1 aromatic carbocycles. The number of benzene rings is 1. The van der Waals surface area contributed by atoms with Crippen molar-refractivity contribution in [3.8, 4) is 5.75 Å². The Morgan fingerprint density at radius 2 is 2.31 bits per heavy atom. The monoisotopic (exact) mass is 241 g/mol. The number of halogens is 2. The van der Waals surface area contributed by atoms with Crippen LogP contribution >= 0.6 is 11.6 Å². The lowest BCUT2D eigenvalue weighted by Crippen LogP contribution is -2.20. The molecule has 0 radical (unpaired) electrons. The lowest BCUT2D eigenvalue weighted by atomic mass is 10.0. The van der Waals surface area contributed by atoms with Crippen LogP contribution in [0.5, 0.6) is 5.75 Å². The number of hydrogen-bond donors (Lipinski definition) is 1. The van der Waals surface area contributed by atoms with E-state index in [0.717, 1.165) is 5.57 Å². The standard InChI is InChI=1S/C12H13ClFNO/c1-7(15)4-8-6-16-11-3-2-9(14)5-10(11)12(8)13/h2-3,5,7H,4,6,15H2,1H3. The van der Waals surface area contributed by atoms with Crippen LogP contribution in [0.25, 0.3) is 5.03 Å². The Morgan fingerprint density at radius 3 is 3.00 bits per heavy atom. The minimum Gasteiger partial charge on any atom is -0.489 e. The highest BCUT2D eigenvalue weighted by molar-refractivity contribution is 6.49. The van der Waals surface area contributed by atoms with Gasteiger partial charge in [0.2, 0.25) is 0 Å². The van der Waals surface area contributed by atoms with Gasteiger partial charge >= 0.3 is 0 Å². The van der Waals surface area contributed by atoms with E-state index in [1.54, 1.807) is 6.07 Å². The van der Waals surface area contributed by atoms with Crippen LogP contribution in [0, 0.1) is 5.82 Å². The maximum absolute atomic E-state index is 13.1. The summed E-state index contributed by atoms with van der Waals surface area (Å²) in [4.78, 5) is 0. The zero-order valence-corrected chi connectivity index (χ0v) is 9.72. The molecule has 2 N–H and O–H groups in total. The fourth-order valence-corrected chi connectivity index (χ4v) is 2.03. The van der Waals surface area contributed by atoms with Gasteiger partial charge in [-0.3, -0.25) is 0 Å². The molecule has 1 unspecified atom stereocenters. The Kier molecular flexibility index (Phi) is 3.17. The summed E-state index contributed by atoms with van der Waals surface area (Å²) in [5.41, 5.74) is 7.25. The molecule has 4 heteroatoms. The van der Waals surface area contributed by atoms with E-state index in [1.165, 1.54) is 12.1 Å². The summed E-state index contributed by atoms with van der Waals surface area (Å²) in [6.45, 7) is 2.33. The first-order valence-electron chi connectivity index (χ1n) is 5.13. The minimum atomic E-state index is -0.317. The molecular weight excluding hydrogens is 229 g/mol. The van der Waals surface area contributed by atoms with Crippen LogP contribution in [-0.2, 0) is 0 Å². The average Bonchev–Trinajstić information content (AvgIpc) is 2.22. The van der Waals surface area contributed by atoms with E-state index < -0.39 is 0 Å². The molecule has 0 fully saturated rings. The van der Waals surface area contributed by atoms with Crippen molar-refractivity contribution in [1.82, 2.24) is 0 Å². The van der Waals surface area contributed by atoms with Crippen LogP contribution in [0.15, 0.2) is 23.8 Å². The lowest BCUT2D eigenvalue weighted by molar-refractivity contribution is 0.339. The third-order valence-electron chi connectivity index (χ3n) is 2.46. The fraction of sp³-hybridized carbons (Fsp3) is 0.333. The van der Waals surface area contributed by atoms with Gasteiger partial charge in [0.15, 0.2) is 0 Å². The molecule has 0 amide bonds. The highest BCUT2D eigenvalue weighted by atomic mass is 35.5. The van der Waals surface area contributed by atoms with E-state index in [0.29, 0.717) is 29.4 Å². The number of ether oxygens (including phenoxy) is 1. The van der Waals surface area contributed by atoms with Gasteiger partial charge in [0.25, 0.3) is 0 Å². The summed E-state index contributed by atoms with van der Waals surface area (Å²) in [6, 6.07) is 4.36. The number of rotatable bonds is 2. The lowest BCUT2D eigenvalue weighted by Gasteiger charge is -2.21. The molecule has 1 aliphatic rings. The zero-order chi connectivity index (χ0) is 11.7. The van der Waals surface area contributed by atoms with Crippen LogP contribution in [-0.4, -0.2) is 12.6 Å². The largest absolute Gasteiger partial charge is 0.489 e. The first-order valence-corrected chi connectivity index (χ1v) is 5.51. The minimum absolute atomic E-state index is 0.0162. The van der Waals surface area contributed by atoms with Gasteiger partial charge in [0, 0.05) is 11.6 Å². The maximum Gasteiger partial charge on any atom is 0.128 e. The maximum atomic E-state index is 13.1. The van der Waals surface area contributed by atoms with Crippen LogP contribution in [0.2, 0.25) is 0 Å². The predicted molar refractivity (Wildman–Crippen MR) is 62.9 cm³/mol. The van der Waals surface area contributed by atoms with Gasteiger partial charge in [-0.25, -0.2) is 4.39 Å². The van der Waals surface area contributed by atoms with Crippen molar-refractivity contribution in [3.05, 3.63) is 35.2 Å². The van der Waals surface area contributed by atoms with E-state index in [9.17, 15) is 4.39 Å². The Morgan fingerprint density at radius 1 is 1.56 bits per heavy atom. The van der Waals surface area contributed by atoms with Crippen LogP contribution in [0.1, 0.15) is 18.9 Å². The van der Waals surface area contributed by atoms with Crippen molar-refractivity contribution < 1.29 is 9.13 Å². The van der Waals surface area contributed by atoms with Gasteiger partial charge < -0.3 is 10.5 Å². The molecule has 1 aromatic rings. The van der Waals surface area contributed by atoms with Gasteiger partial charge in [0.05, 0.1) is 5.03 Å². The number of fused-ring (bicyclic) bond motifs is 1. The predicted octanol–water partition coefficient (Wildman–Crippen LogP) is 2.91. The fourth-order valence-electron chi connectivity index (χ4n) is 1.76. The highest BCUT2D eigenvalue weighted by Crippen LogP contribution is 2.37. The Bertz CT molecular complexity index is 443. The molecule has 86 valence electrons. The summed E-state index contributed by atoms with van der Waals surface area (Å²) in [5.74, 6) is 0.308. The van der Waals surface area contributed by atoms with Gasteiger partial charge in [-0.15, -0.1) is 0 Å². The molecule has 2 rings (SSSR count). The summed E-state index contributed by atoms with van der Waals surface area (Å²) < 4.78 is 18.6. The summed E-state index contributed by atoms with van der Waals surface area (Å²) in [5, 5.41) is 0.568. The molecule has 0 bridgehead atoms. The molecule has 0 saturated carbocycles. The number of hydrogen-bond acceptors (Lipinski definition) is 2. The highest BCUT2D eigenvalue weighted by Gasteiger charge is 2.19. The molecule has 0 saturated heterocycles. The topological polar surface area (TPSA) is 35.2 Å². The van der Waals surface area contributed by atoms with Crippen molar-refractivity contribution in [2.45, 2.75) is 19.4 Å². The van der Waals surface area contributed by atoms with Crippen LogP contribution in [0.3, 0.4) is 0 Å². The van der Waals surface area contributed by atoms with Crippen molar-refractivity contribution in [1.29, 1.82) is 0 Å². The van der Waals surface area contributed by atoms with Gasteiger partial charge in [-0.2, -0.15) is 0 Å². The van der Waals surface area contributed by atoms with Gasteiger partial charge in [-0.1, -0.05) is 11.6 Å². The molecule has 0 spiro atoms. The second-order valence-electron chi connectivity index (χ2n) is 4.03. The van der Waals surface area contributed by atoms with E-state index in [2.05, 4.69) is 0 Å². The number of nitrogens with two attached hydrogens (primary N) is 1. The Hall–Kier alpha value is -1.06. The molecule has 1 heterocycles. The Balaban J connectivity index is 2.40. The first-order chi connectivity index (χ1) is 7.58. The summed E-state index contributed by atoms with van der Waals surface area (Å²) in [7, 11) is 0.